The molecule has 1 aliphatic rings. The third-order valence-corrected chi connectivity index (χ3v) is 3.45. The van der Waals surface area contributed by atoms with Gasteiger partial charge in [0.15, 0.2) is 5.79 Å². The summed E-state index contributed by atoms with van der Waals surface area (Å²) in [6.07, 6.45) is -1.69. The molecule has 5 heteroatoms. The zero-order chi connectivity index (χ0) is 16.7. The average molecular weight is 320 g/mol. The minimum absolute atomic E-state index is 0.215. The third-order valence-electron chi connectivity index (χ3n) is 3.45. The molecule has 1 aliphatic heterocycles. The van der Waals surface area contributed by atoms with Gasteiger partial charge in [0.2, 0.25) is 0 Å². The minimum atomic E-state index is -0.997. The number of rotatable bonds is 6. The molecule has 0 spiro atoms. The topological polar surface area (TPSA) is 68.2 Å². The molecule has 0 saturated carbocycles. The molecule has 0 radical (unpaired) electrons. The first-order chi connectivity index (χ1) is 11.0. The molecule has 1 fully saturated rings. The van der Waals surface area contributed by atoms with Crippen LogP contribution in [0.3, 0.4) is 0 Å². The van der Waals surface area contributed by atoms with Crippen molar-refractivity contribution in [1.29, 1.82) is 0 Å². The van der Waals surface area contributed by atoms with E-state index in [9.17, 15) is 10.2 Å². The van der Waals surface area contributed by atoms with E-state index < -0.39 is 24.1 Å². The summed E-state index contributed by atoms with van der Waals surface area (Å²) in [7, 11) is 0. The van der Waals surface area contributed by atoms with E-state index in [4.69, 9.17) is 14.2 Å². The molecular formula is C18H24O5. The third kappa shape index (κ3) is 5.61. The standard InChI is InChI=1S/C18H24O5/c1-18(2)22-16(12-19)17(23-18)15(20)10-6-7-11-21-13-14-8-4-3-5-9-14/h3-5,8-9,15-17,19-20H,7,11-13H2,1-2H3/t15-,16?,17-/m0/s1. The van der Waals surface area contributed by atoms with Crippen LogP contribution in [0.25, 0.3) is 0 Å². The van der Waals surface area contributed by atoms with E-state index in [0.29, 0.717) is 19.6 Å². The molecule has 2 N–H and O–H groups in total. The van der Waals surface area contributed by atoms with Gasteiger partial charge in [-0.2, -0.15) is 0 Å². The summed E-state index contributed by atoms with van der Waals surface area (Å²) in [5.74, 6) is 4.79. The van der Waals surface area contributed by atoms with Gasteiger partial charge in [0.05, 0.1) is 19.8 Å². The highest BCUT2D eigenvalue weighted by Gasteiger charge is 2.44. The summed E-state index contributed by atoms with van der Waals surface area (Å²) < 4.78 is 16.6. The van der Waals surface area contributed by atoms with E-state index in [1.165, 1.54) is 0 Å². The minimum Gasteiger partial charge on any atom is -0.394 e. The lowest BCUT2D eigenvalue weighted by molar-refractivity contribution is -0.154. The molecule has 3 atom stereocenters. The first kappa shape index (κ1) is 17.9. The van der Waals surface area contributed by atoms with Crippen LogP contribution in [-0.2, 0) is 20.8 Å². The Morgan fingerprint density at radius 3 is 2.70 bits per heavy atom. The van der Waals surface area contributed by atoms with Crippen LogP contribution < -0.4 is 0 Å². The highest BCUT2D eigenvalue weighted by molar-refractivity contribution is 5.13. The molecule has 0 aromatic heterocycles. The summed E-state index contributed by atoms with van der Waals surface area (Å²) in [4.78, 5) is 0. The van der Waals surface area contributed by atoms with Gasteiger partial charge in [0.1, 0.15) is 18.3 Å². The van der Waals surface area contributed by atoms with E-state index in [0.717, 1.165) is 5.56 Å². The molecule has 0 amide bonds. The molecule has 23 heavy (non-hydrogen) atoms. The van der Waals surface area contributed by atoms with Gasteiger partial charge in [-0.3, -0.25) is 0 Å². The van der Waals surface area contributed by atoms with Crippen molar-refractivity contribution in [3.8, 4) is 11.8 Å². The predicted octanol–water partition coefficient (Wildman–Crippen LogP) is 1.47. The van der Waals surface area contributed by atoms with E-state index >= 15 is 0 Å². The fourth-order valence-corrected chi connectivity index (χ4v) is 2.42. The van der Waals surface area contributed by atoms with Crippen molar-refractivity contribution in [3.63, 3.8) is 0 Å². The van der Waals surface area contributed by atoms with Gasteiger partial charge in [0, 0.05) is 6.42 Å². The fraction of sp³-hybridized carbons (Fsp3) is 0.556. The summed E-state index contributed by atoms with van der Waals surface area (Å²) in [5.41, 5.74) is 1.12. The highest BCUT2D eigenvalue weighted by Crippen LogP contribution is 2.29. The van der Waals surface area contributed by atoms with E-state index in [2.05, 4.69) is 11.8 Å². The molecule has 5 nitrogen and oxygen atoms in total. The van der Waals surface area contributed by atoms with Gasteiger partial charge in [-0.15, -0.1) is 0 Å². The zero-order valence-electron chi connectivity index (χ0n) is 13.6. The molecule has 1 saturated heterocycles. The Balaban J connectivity index is 1.71. The van der Waals surface area contributed by atoms with Crippen LogP contribution in [0.4, 0.5) is 0 Å². The highest BCUT2D eigenvalue weighted by atomic mass is 16.8. The lowest BCUT2D eigenvalue weighted by atomic mass is 10.1. The van der Waals surface area contributed by atoms with Crippen molar-refractivity contribution in [2.75, 3.05) is 13.2 Å². The monoisotopic (exact) mass is 320 g/mol. The summed E-state index contributed by atoms with van der Waals surface area (Å²) in [6.45, 7) is 4.31. The number of aliphatic hydroxyl groups is 2. The molecule has 0 bridgehead atoms. The lowest BCUT2D eigenvalue weighted by Crippen LogP contribution is -2.36. The van der Waals surface area contributed by atoms with Gasteiger partial charge in [-0.05, 0) is 19.4 Å². The van der Waals surface area contributed by atoms with Crippen molar-refractivity contribution in [2.24, 2.45) is 0 Å². The van der Waals surface area contributed by atoms with Gasteiger partial charge in [0.25, 0.3) is 0 Å². The van der Waals surface area contributed by atoms with E-state index in [1.54, 1.807) is 13.8 Å². The lowest BCUT2D eigenvalue weighted by Gasteiger charge is -2.17. The summed E-state index contributed by atoms with van der Waals surface area (Å²) >= 11 is 0. The molecule has 2 rings (SSSR count). The van der Waals surface area contributed by atoms with E-state index in [-0.39, 0.29) is 6.61 Å². The average Bonchev–Trinajstić information content (AvgIpc) is 2.86. The second kappa shape index (κ2) is 8.44. The largest absolute Gasteiger partial charge is 0.394 e. The van der Waals surface area contributed by atoms with Crippen molar-refractivity contribution in [2.45, 2.75) is 51.0 Å². The fourth-order valence-electron chi connectivity index (χ4n) is 2.42. The quantitative estimate of drug-likeness (QED) is 0.614. The van der Waals surface area contributed by atoms with Crippen molar-refractivity contribution in [1.82, 2.24) is 0 Å². The van der Waals surface area contributed by atoms with Gasteiger partial charge in [-0.1, -0.05) is 42.2 Å². The van der Waals surface area contributed by atoms with Crippen LogP contribution in [0.2, 0.25) is 0 Å². The van der Waals surface area contributed by atoms with Crippen LogP contribution in [0.15, 0.2) is 30.3 Å². The van der Waals surface area contributed by atoms with Gasteiger partial charge >= 0.3 is 0 Å². The van der Waals surface area contributed by atoms with Crippen molar-refractivity contribution in [3.05, 3.63) is 35.9 Å². The summed E-state index contributed by atoms with van der Waals surface area (Å²) in [5, 5.41) is 19.4. The molecule has 1 aromatic rings. The zero-order valence-corrected chi connectivity index (χ0v) is 13.6. The number of hydrogen-bond acceptors (Lipinski definition) is 5. The Kier molecular flexibility index (Phi) is 6.58. The Morgan fingerprint density at radius 2 is 2.00 bits per heavy atom. The van der Waals surface area contributed by atoms with Crippen molar-refractivity contribution < 1.29 is 24.4 Å². The Hall–Kier alpha value is -1.42. The van der Waals surface area contributed by atoms with Crippen LogP contribution in [0, 0.1) is 11.8 Å². The number of ether oxygens (including phenoxy) is 3. The molecular weight excluding hydrogens is 296 g/mol. The second-order valence-corrected chi connectivity index (χ2v) is 5.88. The van der Waals surface area contributed by atoms with Crippen LogP contribution in [0.1, 0.15) is 25.8 Å². The van der Waals surface area contributed by atoms with Crippen LogP contribution >= 0.6 is 0 Å². The number of aliphatic hydroxyl groups excluding tert-OH is 2. The molecule has 1 heterocycles. The van der Waals surface area contributed by atoms with E-state index in [1.807, 2.05) is 30.3 Å². The normalized spacial score (nSPS) is 24.0. The number of hydrogen-bond donors (Lipinski definition) is 2. The van der Waals surface area contributed by atoms with Gasteiger partial charge in [-0.25, -0.2) is 0 Å². The maximum absolute atomic E-state index is 10.1. The predicted molar refractivity (Wildman–Crippen MR) is 85.4 cm³/mol. The Morgan fingerprint density at radius 1 is 1.26 bits per heavy atom. The number of benzene rings is 1. The maximum atomic E-state index is 10.1. The molecule has 1 aromatic carbocycles. The smallest absolute Gasteiger partial charge is 0.164 e. The molecule has 0 aliphatic carbocycles. The Bertz CT molecular complexity index is 531. The Labute approximate surface area is 137 Å². The summed E-state index contributed by atoms with van der Waals surface area (Å²) in [6, 6.07) is 9.91. The second-order valence-electron chi connectivity index (χ2n) is 5.88. The van der Waals surface area contributed by atoms with Crippen LogP contribution in [0.5, 0.6) is 0 Å². The van der Waals surface area contributed by atoms with Gasteiger partial charge < -0.3 is 24.4 Å². The SMILES string of the molecule is CC1(C)OC(CO)[C@H]([C@@H](O)C#CCCOCc2ccccc2)O1. The molecule has 1 unspecified atom stereocenters. The van der Waals surface area contributed by atoms with Crippen LogP contribution in [-0.4, -0.2) is 47.5 Å². The molecule has 126 valence electrons. The maximum Gasteiger partial charge on any atom is 0.164 e. The van der Waals surface area contributed by atoms with Crippen molar-refractivity contribution >= 4 is 0 Å². The first-order valence-corrected chi connectivity index (χ1v) is 7.76. The first-order valence-electron chi connectivity index (χ1n) is 7.76.